The lowest BCUT2D eigenvalue weighted by molar-refractivity contribution is 0.288. The Balaban J connectivity index is 2.24. The van der Waals surface area contributed by atoms with Crippen molar-refractivity contribution in [2.24, 2.45) is 0 Å². The van der Waals surface area contributed by atoms with E-state index in [-0.39, 0.29) is 12.4 Å². The number of aliphatic hydroxyl groups is 1. The van der Waals surface area contributed by atoms with E-state index in [4.69, 9.17) is 5.11 Å². The van der Waals surface area contributed by atoms with Crippen LogP contribution in [0.15, 0.2) is 28.9 Å². The zero-order chi connectivity index (χ0) is 12.3. The van der Waals surface area contributed by atoms with Crippen molar-refractivity contribution >= 4 is 15.9 Å². The summed E-state index contributed by atoms with van der Waals surface area (Å²) < 4.78 is 15.7. The zero-order valence-corrected chi connectivity index (χ0v) is 10.6. The first-order chi connectivity index (χ1) is 8.20. The molecule has 0 radical (unpaired) electrons. The fourth-order valence-electron chi connectivity index (χ4n) is 1.46. The van der Waals surface area contributed by atoms with Crippen molar-refractivity contribution in [2.45, 2.75) is 12.8 Å². The van der Waals surface area contributed by atoms with Gasteiger partial charge in [-0.3, -0.25) is 0 Å². The van der Waals surface area contributed by atoms with Gasteiger partial charge in [-0.1, -0.05) is 21.1 Å². The molecule has 2 aromatic rings. The molecule has 0 aliphatic heterocycles. The maximum atomic E-state index is 13.6. The molecule has 0 aliphatic rings. The molecule has 0 saturated heterocycles. The van der Waals surface area contributed by atoms with Gasteiger partial charge >= 0.3 is 0 Å². The third-order valence-electron chi connectivity index (χ3n) is 2.29. The van der Waals surface area contributed by atoms with Crippen molar-refractivity contribution in [3.05, 3.63) is 40.4 Å². The number of rotatable bonds is 4. The summed E-state index contributed by atoms with van der Waals surface area (Å²) in [6.45, 7) is 0.111. The Morgan fingerprint density at radius 1 is 1.41 bits per heavy atom. The van der Waals surface area contributed by atoms with E-state index in [1.54, 1.807) is 18.3 Å². The van der Waals surface area contributed by atoms with Crippen LogP contribution in [-0.4, -0.2) is 26.7 Å². The van der Waals surface area contributed by atoms with Gasteiger partial charge in [-0.15, -0.1) is 5.10 Å². The summed E-state index contributed by atoms with van der Waals surface area (Å²) in [5.41, 5.74) is 1.09. The van der Waals surface area contributed by atoms with Crippen LogP contribution >= 0.6 is 15.9 Å². The van der Waals surface area contributed by atoms with E-state index < -0.39 is 0 Å². The van der Waals surface area contributed by atoms with E-state index in [1.165, 1.54) is 10.7 Å². The maximum absolute atomic E-state index is 13.6. The summed E-state index contributed by atoms with van der Waals surface area (Å²) in [7, 11) is 0. The topological polar surface area (TPSA) is 50.9 Å². The second-order valence-electron chi connectivity index (χ2n) is 3.58. The molecule has 0 bridgehead atoms. The number of aliphatic hydroxyl groups excluding tert-OH is 1. The number of nitrogens with zero attached hydrogens (tertiary/aromatic N) is 3. The average molecular weight is 300 g/mol. The van der Waals surface area contributed by atoms with Crippen molar-refractivity contribution in [3.63, 3.8) is 0 Å². The second kappa shape index (κ2) is 5.37. The first-order valence-corrected chi connectivity index (χ1v) is 5.97. The average Bonchev–Trinajstić information content (AvgIpc) is 2.75. The summed E-state index contributed by atoms with van der Waals surface area (Å²) in [6, 6.07) is 4.75. The van der Waals surface area contributed by atoms with Crippen molar-refractivity contribution in [3.8, 4) is 5.69 Å². The van der Waals surface area contributed by atoms with E-state index in [0.717, 1.165) is 5.69 Å². The molecule has 90 valence electrons. The number of benzene rings is 1. The van der Waals surface area contributed by atoms with E-state index >= 15 is 0 Å². The van der Waals surface area contributed by atoms with Gasteiger partial charge in [-0.05, 0) is 31.0 Å². The van der Waals surface area contributed by atoms with Crippen LogP contribution in [0.4, 0.5) is 4.39 Å². The van der Waals surface area contributed by atoms with Crippen LogP contribution in [0.1, 0.15) is 12.1 Å². The van der Waals surface area contributed by atoms with Gasteiger partial charge in [0.15, 0.2) is 0 Å². The highest BCUT2D eigenvalue weighted by molar-refractivity contribution is 9.10. The van der Waals surface area contributed by atoms with Gasteiger partial charge in [0.05, 0.1) is 11.9 Å². The molecule has 0 atom stereocenters. The second-order valence-corrected chi connectivity index (χ2v) is 4.49. The molecule has 4 nitrogen and oxygen atoms in total. The lowest BCUT2D eigenvalue weighted by Crippen LogP contribution is -1.98. The molecule has 1 aromatic heterocycles. The minimum absolute atomic E-state index is 0.111. The van der Waals surface area contributed by atoms with Crippen molar-refractivity contribution in [1.82, 2.24) is 15.0 Å². The molecular weight excluding hydrogens is 289 g/mol. The largest absolute Gasteiger partial charge is 0.396 e. The molecule has 0 amide bonds. The van der Waals surface area contributed by atoms with Gasteiger partial charge in [0.2, 0.25) is 0 Å². The fraction of sp³-hybridized carbons (Fsp3) is 0.273. The number of halogens is 2. The SMILES string of the molecule is OCCCc1cn(-c2ccc(Br)cc2F)nn1. The first kappa shape index (κ1) is 12.2. The Bertz CT molecular complexity index is 515. The van der Waals surface area contributed by atoms with Crippen LogP contribution < -0.4 is 0 Å². The van der Waals surface area contributed by atoms with Crippen LogP contribution in [0.3, 0.4) is 0 Å². The van der Waals surface area contributed by atoms with E-state index in [2.05, 4.69) is 26.2 Å². The zero-order valence-electron chi connectivity index (χ0n) is 8.98. The minimum atomic E-state index is -0.363. The maximum Gasteiger partial charge on any atom is 0.150 e. The van der Waals surface area contributed by atoms with E-state index in [1.807, 2.05) is 0 Å². The summed E-state index contributed by atoms with van der Waals surface area (Å²) in [5, 5.41) is 16.5. The van der Waals surface area contributed by atoms with Gasteiger partial charge in [0, 0.05) is 11.1 Å². The molecule has 1 heterocycles. The molecule has 0 unspecified atom stereocenters. The highest BCUT2D eigenvalue weighted by Gasteiger charge is 2.07. The minimum Gasteiger partial charge on any atom is -0.396 e. The number of aromatic nitrogens is 3. The number of hydrogen-bond acceptors (Lipinski definition) is 3. The summed E-state index contributed by atoms with van der Waals surface area (Å²) in [4.78, 5) is 0. The predicted octanol–water partition coefficient (Wildman–Crippen LogP) is 2.09. The molecule has 17 heavy (non-hydrogen) atoms. The third-order valence-corrected chi connectivity index (χ3v) is 2.78. The number of hydrogen-bond donors (Lipinski definition) is 1. The van der Waals surface area contributed by atoms with Crippen molar-refractivity contribution in [2.75, 3.05) is 6.61 Å². The molecule has 1 aromatic carbocycles. The summed E-state index contributed by atoms with van der Waals surface area (Å²) >= 11 is 3.20. The smallest absolute Gasteiger partial charge is 0.150 e. The lowest BCUT2D eigenvalue weighted by Gasteiger charge is -2.01. The molecular formula is C11H11BrFN3O. The predicted molar refractivity (Wildman–Crippen MR) is 64.4 cm³/mol. The van der Waals surface area contributed by atoms with E-state index in [9.17, 15) is 4.39 Å². The van der Waals surface area contributed by atoms with E-state index in [0.29, 0.717) is 23.0 Å². The van der Waals surface area contributed by atoms with Gasteiger partial charge in [-0.25, -0.2) is 9.07 Å². The quantitative estimate of drug-likeness (QED) is 0.940. The van der Waals surface area contributed by atoms with Crippen molar-refractivity contribution in [1.29, 1.82) is 0 Å². The molecule has 1 N–H and O–H groups in total. The van der Waals surface area contributed by atoms with Gasteiger partial charge in [0.25, 0.3) is 0 Å². The van der Waals surface area contributed by atoms with Crippen LogP contribution in [-0.2, 0) is 6.42 Å². The Hall–Kier alpha value is -1.27. The molecule has 0 aliphatic carbocycles. The number of aryl methyl sites for hydroxylation is 1. The fourth-order valence-corrected chi connectivity index (χ4v) is 1.79. The van der Waals surface area contributed by atoms with Gasteiger partial charge in [0.1, 0.15) is 11.5 Å². The monoisotopic (exact) mass is 299 g/mol. The highest BCUT2D eigenvalue weighted by Crippen LogP contribution is 2.18. The van der Waals surface area contributed by atoms with Crippen LogP contribution in [0.2, 0.25) is 0 Å². The van der Waals surface area contributed by atoms with Crippen LogP contribution in [0, 0.1) is 5.82 Å². The third kappa shape index (κ3) is 2.89. The van der Waals surface area contributed by atoms with Crippen molar-refractivity contribution < 1.29 is 9.50 Å². The molecule has 0 saturated carbocycles. The Morgan fingerprint density at radius 2 is 2.24 bits per heavy atom. The lowest BCUT2D eigenvalue weighted by atomic mass is 10.2. The molecule has 2 rings (SSSR count). The first-order valence-electron chi connectivity index (χ1n) is 5.18. The van der Waals surface area contributed by atoms with Crippen LogP contribution in [0.5, 0.6) is 0 Å². The molecule has 6 heteroatoms. The Kier molecular flexibility index (Phi) is 3.86. The highest BCUT2D eigenvalue weighted by atomic mass is 79.9. The molecule has 0 spiro atoms. The standard InChI is InChI=1S/C11H11BrFN3O/c12-8-3-4-11(10(13)6-8)16-7-9(14-15-16)2-1-5-17/h3-4,6-7,17H,1-2,5H2. The summed E-state index contributed by atoms with van der Waals surface area (Å²) in [6.07, 6.45) is 2.93. The summed E-state index contributed by atoms with van der Waals surface area (Å²) in [5.74, 6) is -0.363. The van der Waals surface area contributed by atoms with Gasteiger partial charge in [-0.2, -0.15) is 0 Å². The normalized spacial score (nSPS) is 10.8. The van der Waals surface area contributed by atoms with Gasteiger partial charge < -0.3 is 5.11 Å². The Labute approximate surface area is 106 Å². The molecule has 0 fully saturated rings. The van der Waals surface area contributed by atoms with Crippen LogP contribution in [0.25, 0.3) is 5.69 Å². The Morgan fingerprint density at radius 3 is 2.94 bits per heavy atom.